The van der Waals surface area contributed by atoms with Gasteiger partial charge in [0.15, 0.2) is 6.23 Å². The Bertz CT molecular complexity index is 1080. The molecule has 0 saturated carbocycles. The standard InChI is InChI=1S/C21H25ClF2N2O5S/c1-21(2)12-31-11-16(27)10-26(21)32(29,30)19-7-13(3-4-14(19)9-23)20(28)25-15-5-6-18(24)17(22)8-15/h3-8,16,20,25,27-28H,9-12H2,1-2H3. The van der Waals surface area contributed by atoms with Crippen molar-refractivity contribution in [1.82, 2.24) is 4.31 Å². The Kier molecular flexibility index (Phi) is 7.43. The summed E-state index contributed by atoms with van der Waals surface area (Å²) in [5.41, 5.74) is -0.634. The Hall–Kier alpha value is -1.82. The summed E-state index contributed by atoms with van der Waals surface area (Å²) in [4.78, 5) is -0.322. The Labute approximate surface area is 190 Å². The van der Waals surface area contributed by atoms with Crippen molar-refractivity contribution in [3.05, 3.63) is 58.4 Å². The lowest BCUT2D eigenvalue weighted by atomic mass is 10.1. The van der Waals surface area contributed by atoms with Crippen molar-refractivity contribution < 1.29 is 32.1 Å². The number of aliphatic hydroxyl groups is 2. The predicted octanol–water partition coefficient (Wildman–Crippen LogP) is 3.21. The Morgan fingerprint density at radius 1 is 1.31 bits per heavy atom. The van der Waals surface area contributed by atoms with Gasteiger partial charge in [0.25, 0.3) is 0 Å². The first-order valence-corrected chi connectivity index (χ1v) is 11.6. The molecule has 0 aliphatic carbocycles. The molecule has 1 heterocycles. The largest absolute Gasteiger partial charge is 0.389 e. The molecule has 0 amide bonds. The summed E-state index contributed by atoms with van der Waals surface area (Å²) in [7, 11) is -4.27. The second-order valence-electron chi connectivity index (χ2n) is 8.19. The molecule has 1 fully saturated rings. The number of aliphatic hydroxyl groups excluding tert-OH is 2. The highest BCUT2D eigenvalue weighted by Gasteiger charge is 2.41. The highest BCUT2D eigenvalue weighted by Crippen LogP contribution is 2.32. The summed E-state index contributed by atoms with van der Waals surface area (Å²) < 4.78 is 60.6. The number of sulfonamides is 1. The molecule has 11 heteroatoms. The summed E-state index contributed by atoms with van der Waals surface area (Å²) in [6.07, 6.45) is -2.43. The lowest BCUT2D eigenvalue weighted by Crippen LogP contribution is -2.51. The highest BCUT2D eigenvalue weighted by atomic mass is 35.5. The van der Waals surface area contributed by atoms with E-state index in [0.29, 0.717) is 5.69 Å². The summed E-state index contributed by atoms with van der Waals surface area (Å²) in [5.74, 6) is -0.626. The number of hydrogen-bond acceptors (Lipinski definition) is 6. The maximum Gasteiger partial charge on any atom is 0.244 e. The van der Waals surface area contributed by atoms with Crippen LogP contribution in [0.5, 0.6) is 0 Å². The van der Waals surface area contributed by atoms with E-state index in [1.54, 1.807) is 13.8 Å². The fraction of sp³-hybridized carbons (Fsp3) is 0.429. The van der Waals surface area contributed by atoms with Gasteiger partial charge in [0.05, 0.1) is 34.8 Å². The van der Waals surface area contributed by atoms with Crippen LogP contribution < -0.4 is 5.32 Å². The van der Waals surface area contributed by atoms with Gasteiger partial charge in [-0.2, -0.15) is 4.31 Å². The van der Waals surface area contributed by atoms with E-state index in [9.17, 15) is 27.4 Å². The van der Waals surface area contributed by atoms with Crippen LogP contribution >= 0.6 is 11.6 Å². The van der Waals surface area contributed by atoms with E-state index in [0.717, 1.165) is 10.4 Å². The maximum absolute atomic E-state index is 13.7. The number of nitrogens with one attached hydrogen (secondary N) is 1. The Morgan fingerprint density at radius 2 is 2.03 bits per heavy atom. The van der Waals surface area contributed by atoms with E-state index in [4.69, 9.17) is 16.3 Å². The van der Waals surface area contributed by atoms with Crippen LogP contribution in [-0.2, 0) is 21.4 Å². The third-order valence-electron chi connectivity index (χ3n) is 5.16. The average Bonchev–Trinajstić information content (AvgIpc) is 2.87. The van der Waals surface area contributed by atoms with Gasteiger partial charge in [-0.3, -0.25) is 0 Å². The number of β-amino-alcohol motifs (C(OH)–C–C–N with tert-alkyl or cyclic N) is 1. The molecule has 2 atom stereocenters. The minimum absolute atomic E-state index is 0.0195. The quantitative estimate of drug-likeness (QED) is 0.538. The fourth-order valence-electron chi connectivity index (χ4n) is 3.47. The fourth-order valence-corrected chi connectivity index (χ4v) is 5.70. The molecule has 176 valence electrons. The lowest BCUT2D eigenvalue weighted by molar-refractivity contribution is 0.0461. The van der Waals surface area contributed by atoms with Gasteiger partial charge < -0.3 is 20.3 Å². The first kappa shape index (κ1) is 24.8. The monoisotopic (exact) mass is 490 g/mol. The summed E-state index contributed by atoms with van der Waals surface area (Å²) in [6.45, 7) is 2.06. The maximum atomic E-state index is 13.7. The molecule has 1 saturated heterocycles. The number of anilines is 1. The first-order valence-electron chi connectivity index (χ1n) is 9.83. The Morgan fingerprint density at radius 3 is 2.69 bits per heavy atom. The molecule has 0 spiro atoms. The summed E-state index contributed by atoms with van der Waals surface area (Å²) in [5, 5.41) is 23.2. The van der Waals surface area contributed by atoms with Crippen LogP contribution in [0.2, 0.25) is 5.02 Å². The van der Waals surface area contributed by atoms with E-state index in [1.165, 1.54) is 30.3 Å². The van der Waals surface area contributed by atoms with Gasteiger partial charge in [0, 0.05) is 23.4 Å². The number of hydrogen-bond donors (Lipinski definition) is 3. The van der Waals surface area contributed by atoms with Crippen LogP contribution in [0, 0.1) is 5.82 Å². The number of halogens is 3. The van der Waals surface area contributed by atoms with Gasteiger partial charge >= 0.3 is 0 Å². The molecule has 7 nitrogen and oxygen atoms in total. The van der Waals surface area contributed by atoms with Gasteiger partial charge in [-0.05, 0) is 38.1 Å². The number of benzene rings is 2. The third kappa shape index (κ3) is 5.22. The molecule has 3 N–H and O–H groups in total. The molecular weight excluding hydrogens is 466 g/mol. The molecule has 2 aromatic rings. The molecular formula is C21H25ClF2N2O5S. The van der Waals surface area contributed by atoms with Gasteiger partial charge in [-0.25, -0.2) is 17.2 Å². The topological polar surface area (TPSA) is 99.1 Å². The molecule has 0 aromatic heterocycles. The van der Waals surface area contributed by atoms with Gasteiger partial charge in [-0.15, -0.1) is 0 Å². The smallest absolute Gasteiger partial charge is 0.244 e. The highest BCUT2D eigenvalue weighted by molar-refractivity contribution is 7.89. The van der Waals surface area contributed by atoms with Gasteiger partial charge in [0.1, 0.15) is 12.5 Å². The molecule has 32 heavy (non-hydrogen) atoms. The zero-order valence-electron chi connectivity index (χ0n) is 17.6. The number of alkyl halides is 1. The van der Waals surface area contributed by atoms with E-state index in [2.05, 4.69) is 5.32 Å². The summed E-state index contributed by atoms with van der Waals surface area (Å²) >= 11 is 5.75. The molecule has 1 aliphatic rings. The second-order valence-corrected chi connectivity index (χ2v) is 10.4. The van der Waals surface area contributed by atoms with Crippen molar-refractivity contribution in [3.63, 3.8) is 0 Å². The van der Waals surface area contributed by atoms with Crippen LogP contribution in [0.1, 0.15) is 31.2 Å². The van der Waals surface area contributed by atoms with Crippen LogP contribution in [-0.4, -0.2) is 54.3 Å². The zero-order valence-corrected chi connectivity index (χ0v) is 19.1. The van der Waals surface area contributed by atoms with Crippen LogP contribution in [0.3, 0.4) is 0 Å². The van der Waals surface area contributed by atoms with Crippen molar-refractivity contribution in [1.29, 1.82) is 0 Å². The van der Waals surface area contributed by atoms with Crippen molar-refractivity contribution >= 4 is 27.3 Å². The van der Waals surface area contributed by atoms with E-state index in [-0.39, 0.29) is 40.8 Å². The van der Waals surface area contributed by atoms with E-state index in [1.807, 2.05) is 0 Å². The zero-order chi connectivity index (χ0) is 23.7. The van der Waals surface area contributed by atoms with E-state index < -0.39 is 40.4 Å². The van der Waals surface area contributed by atoms with Crippen LogP contribution in [0.4, 0.5) is 14.5 Å². The lowest BCUT2D eigenvalue weighted by Gasteiger charge is -2.36. The molecule has 3 rings (SSSR count). The minimum atomic E-state index is -4.27. The third-order valence-corrected chi connectivity index (χ3v) is 7.61. The molecule has 2 aromatic carbocycles. The normalized spacial score (nSPS) is 20.5. The SMILES string of the molecule is CC1(C)COCC(O)CN1S(=O)(=O)c1cc(C(O)Nc2ccc(F)c(Cl)c2)ccc1CF. The minimum Gasteiger partial charge on any atom is -0.389 e. The second kappa shape index (κ2) is 9.58. The van der Waals surface area contributed by atoms with Gasteiger partial charge in [-0.1, -0.05) is 23.7 Å². The van der Waals surface area contributed by atoms with Crippen molar-refractivity contribution in [2.24, 2.45) is 0 Å². The van der Waals surface area contributed by atoms with Crippen LogP contribution in [0.25, 0.3) is 0 Å². The average molecular weight is 491 g/mol. The van der Waals surface area contributed by atoms with Crippen molar-refractivity contribution in [3.8, 4) is 0 Å². The number of nitrogens with zero attached hydrogens (tertiary/aromatic N) is 1. The Balaban J connectivity index is 1.98. The predicted molar refractivity (Wildman–Crippen MR) is 116 cm³/mol. The van der Waals surface area contributed by atoms with Crippen molar-refractivity contribution in [2.45, 2.75) is 43.3 Å². The molecule has 0 radical (unpaired) electrons. The number of rotatable bonds is 6. The molecule has 2 unspecified atom stereocenters. The van der Waals surface area contributed by atoms with Gasteiger partial charge in [0.2, 0.25) is 10.0 Å². The van der Waals surface area contributed by atoms with Crippen LogP contribution in [0.15, 0.2) is 41.3 Å². The number of ether oxygens (including phenoxy) is 1. The molecule has 0 bridgehead atoms. The first-order chi connectivity index (χ1) is 15.0. The summed E-state index contributed by atoms with van der Waals surface area (Å²) in [6, 6.07) is 7.61. The molecule has 1 aliphatic heterocycles. The van der Waals surface area contributed by atoms with E-state index >= 15 is 0 Å². The van der Waals surface area contributed by atoms with Crippen molar-refractivity contribution in [2.75, 3.05) is 25.1 Å².